The van der Waals surface area contributed by atoms with E-state index in [0.717, 1.165) is 10.8 Å². The highest BCUT2D eigenvalue weighted by atomic mass is 19.4. The minimum atomic E-state index is -6.13. The average Bonchev–Trinajstić information content (AvgIpc) is 1.81. The van der Waals surface area contributed by atoms with Crippen molar-refractivity contribution >= 4 is 44.6 Å². The van der Waals surface area contributed by atoms with Crippen LogP contribution in [-0.4, -0.2) is 16.9 Å². The molecule has 82 heavy (non-hydrogen) atoms. The van der Waals surface area contributed by atoms with E-state index >= 15 is 0 Å². The smallest absolute Gasteiger partial charge is 0.287 e. The second-order valence-electron chi connectivity index (χ2n) is 18.2. The number of hydrogen-bond acceptors (Lipinski definition) is 2. The van der Waals surface area contributed by atoms with Gasteiger partial charge in [0.1, 0.15) is 6.15 Å². The molecule has 0 bridgehead atoms. The predicted octanol–water partition coefficient (Wildman–Crippen LogP) is 15.0. The summed E-state index contributed by atoms with van der Waals surface area (Å²) in [5.74, 6) is -0.0619. The van der Waals surface area contributed by atoms with Gasteiger partial charge >= 0.3 is 49.4 Å². The van der Waals surface area contributed by atoms with E-state index in [0.29, 0.717) is 17.8 Å². The van der Waals surface area contributed by atoms with Gasteiger partial charge in [-0.25, -0.2) is 4.98 Å². The quantitative estimate of drug-likeness (QED) is 0.0658. The zero-order valence-electron chi connectivity index (χ0n) is 40.2. The molecule has 0 aliphatic rings. The van der Waals surface area contributed by atoms with Crippen molar-refractivity contribution < 1.29 is 115 Å². The van der Waals surface area contributed by atoms with Crippen LogP contribution in [0.3, 0.4) is 0 Å². The van der Waals surface area contributed by atoms with Gasteiger partial charge in [-0.2, -0.15) is 132 Å². The van der Waals surface area contributed by atoms with E-state index in [2.05, 4.69) is 17.1 Å². The van der Waals surface area contributed by atoms with E-state index in [-0.39, 0.29) is 5.78 Å². The summed E-state index contributed by atoms with van der Waals surface area (Å²) in [4.78, 5) is 17.1. The van der Waals surface area contributed by atoms with Crippen molar-refractivity contribution in [2.24, 2.45) is 0 Å². The maximum absolute atomic E-state index is 14.2. The first kappa shape index (κ1) is 61.6. The Bertz CT molecular complexity index is 3210. The molecule has 8 rings (SSSR count). The van der Waals surface area contributed by atoms with Gasteiger partial charge in [0, 0.05) is 11.1 Å². The molecule has 0 aliphatic carbocycles. The number of aromatic nitrogens is 2. The molecule has 0 amide bonds. The summed E-state index contributed by atoms with van der Waals surface area (Å²) >= 11 is 0. The summed E-state index contributed by atoms with van der Waals surface area (Å²) in [6.45, 7) is 0.710. The molecule has 1 heterocycles. The topological polar surface area (TPSA) is 33.8 Å². The Morgan fingerprint density at radius 2 is 0.671 bits per heavy atom. The van der Waals surface area contributed by atoms with Crippen LogP contribution in [0, 0.1) is 0 Å². The summed E-state index contributed by atoms with van der Waals surface area (Å²) in [6.07, 6.45) is -49.4. The molecular weight excluding hydrogens is 1160 g/mol. The third kappa shape index (κ3) is 13.8. The Morgan fingerprint density at radius 3 is 0.988 bits per heavy atom. The zero-order chi connectivity index (χ0) is 61.0. The standard InChI is InChI=1S/C32H12BF24.C22H17N2O/c34-25(35,36)13-1-14(26(37,38)39)6-21(5-13)33(22-7-15(27(40,41)42)2-16(8-22)28(43,44)45,23-9-17(29(46,47)48)3-18(10-23)30(49,50)51)24-11-19(31(52,53)54)4-20(12-24)32(55,56)57;25-22(20-11-10-18-8-4-5-9-19(18)14-20)21-16-24(13-12-23-21)15-17-6-2-1-3-7-17/h1-12H;1-14,16H,15H2/q-1;+1. The van der Waals surface area contributed by atoms with Gasteiger partial charge in [-0.3, -0.25) is 4.79 Å². The van der Waals surface area contributed by atoms with Gasteiger partial charge in [-0.1, -0.05) is 115 Å². The summed E-state index contributed by atoms with van der Waals surface area (Å²) in [5.41, 5.74) is -27.9. The van der Waals surface area contributed by atoms with Crippen molar-refractivity contribution in [3.63, 3.8) is 0 Å². The monoisotopic (exact) mass is 1190 g/mol. The molecule has 7 aromatic carbocycles. The lowest BCUT2D eigenvalue weighted by atomic mass is 9.12. The lowest BCUT2D eigenvalue weighted by Crippen LogP contribution is -2.75. The molecule has 0 N–H and O–H groups in total. The Balaban J connectivity index is 0.000000318. The highest BCUT2D eigenvalue weighted by Crippen LogP contribution is 2.41. The number of rotatable bonds is 8. The number of fused-ring (bicyclic) bond motifs is 1. The van der Waals surface area contributed by atoms with Crippen molar-refractivity contribution in [2.75, 3.05) is 0 Å². The summed E-state index contributed by atoms with van der Waals surface area (Å²) in [7, 11) is 0. The molecule has 0 spiro atoms. The highest BCUT2D eigenvalue weighted by molar-refractivity contribution is 7.20. The van der Waals surface area contributed by atoms with E-state index in [1.165, 1.54) is 5.56 Å². The maximum atomic E-state index is 14.2. The minimum absolute atomic E-state index is 0.0619. The van der Waals surface area contributed by atoms with Crippen LogP contribution in [0.4, 0.5) is 105 Å². The van der Waals surface area contributed by atoms with Crippen molar-refractivity contribution in [1.29, 1.82) is 0 Å². The maximum Gasteiger partial charge on any atom is 0.416 e. The molecule has 8 aromatic rings. The third-order valence-corrected chi connectivity index (χ3v) is 12.7. The van der Waals surface area contributed by atoms with Crippen molar-refractivity contribution in [2.45, 2.75) is 56.0 Å². The lowest BCUT2D eigenvalue weighted by Gasteiger charge is -2.46. The number of halogens is 24. The fourth-order valence-corrected chi connectivity index (χ4v) is 8.99. The van der Waals surface area contributed by atoms with Crippen molar-refractivity contribution in [1.82, 2.24) is 4.98 Å². The number of carbonyl (C=O) groups is 1. The highest BCUT2D eigenvalue weighted by Gasteiger charge is 2.47. The molecule has 0 fully saturated rings. The lowest BCUT2D eigenvalue weighted by molar-refractivity contribution is -0.689. The van der Waals surface area contributed by atoms with Gasteiger partial charge in [0.25, 0.3) is 0 Å². The number of benzene rings is 7. The molecule has 0 atom stereocenters. The second-order valence-corrected chi connectivity index (χ2v) is 18.2. The van der Waals surface area contributed by atoms with Gasteiger partial charge in [-0.05, 0) is 41.1 Å². The van der Waals surface area contributed by atoms with E-state index in [4.69, 9.17) is 0 Å². The fraction of sp³-hybridized carbons (Fsp3) is 0.167. The number of carbonyl (C=O) groups excluding carboxylic acids is 1. The van der Waals surface area contributed by atoms with Crippen LogP contribution in [0.2, 0.25) is 0 Å². The molecule has 0 aliphatic heterocycles. The predicted molar refractivity (Wildman–Crippen MR) is 247 cm³/mol. The van der Waals surface area contributed by atoms with Crippen LogP contribution >= 0.6 is 0 Å². The van der Waals surface area contributed by atoms with E-state index in [9.17, 15) is 110 Å². The SMILES string of the molecule is FC(F)(F)c1cc([B-](c2cc(C(F)(F)F)cc(C(F)(F)F)c2)(c2cc(C(F)(F)F)cc(C(F)(F)F)c2)c2cc(C(F)(F)F)cc(C(F)(F)F)c2)cc(C(F)(F)F)c1.O=C(c1ccc2ccccc2c1)c1c[n+](Cc2ccccc2)ccn1. The number of nitrogens with zero attached hydrogens (tertiary/aromatic N) is 2. The number of hydrogen-bond donors (Lipinski definition) is 0. The van der Waals surface area contributed by atoms with Gasteiger partial charge in [0.15, 0.2) is 24.6 Å². The van der Waals surface area contributed by atoms with Gasteiger partial charge in [0.05, 0.1) is 50.7 Å². The summed E-state index contributed by atoms with van der Waals surface area (Å²) in [5, 5.41) is 2.18. The molecule has 3 nitrogen and oxygen atoms in total. The van der Waals surface area contributed by atoms with E-state index in [1.807, 2.05) is 77.6 Å². The molecular formula is C54H29BF24N2O. The van der Waals surface area contributed by atoms with Crippen molar-refractivity contribution in [3.05, 3.63) is 226 Å². The molecule has 0 saturated heterocycles. The fourth-order valence-electron chi connectivity index (χ4n) is 8.99. The average molecular weight is 1190 g/mol. The molecule has 0 saturated carbocycles. The van der Waals surface area contributed by atoms with Crippen LogP contribution in [-0.2, 0) is 56.0 Å². The molecule has 28 heteroatoms. The van der Waals surface area contributed by atoms with Gasteiger partial charge in [-0.15, -0.1) is 0 Å². The van der Waals surface area contributed by atoms with Crippen LogP contribution in [0.5, 0.6) is 0 Å². The zero-order valence-corrected chi connectivity index (χ0v) is 40.2. The van der Waals surface area contributed by atoms with Crippen LogP contribution in [0.1, 0.15) is 66.1 Å². The summed E-state index contributed by atoms with van der Waals surface area (Å²) in [6, 6.07) is 15.1. The Hall–Kier alpha value is -8.07. The first-order chi connectivity index (χ1) is 37.6. The van der Waals surface area contributed by atoms with E-state index < -0.39 is 195 Å². The van der Waals surface area contributed by atoms with E-state index in [1.54, 1.807) is 6.20 Å². The Kier molecular flexibility index (Phi) is 16.3. The summed E-state index contributed by atoms with van der Waals surface area (Å²) < 4.78 is 343. The molecule has 432 valence electrons. The number of ketones is 1. The van der Waals surface area contributed by atoms with Gasteiger partial charge < -0.3 is 0 Å². The molecule has 0 radical (unpaired) electrons. The minimum Gasteiger partial charge on any atom is -0.287 e. The first-order valence-electron chi connectivity index (χ1n) is 22.8. The largest absolute Gasteiger partial charge is 0.416 e. The number of alkyl halides is 24. The molecule has 0 unspecified atom stereocenters. The van der Waals surface area contributed by atoms with Crippen LogP contribution < -0.4 is 26.4 Å². The molecule has 1 aromatic heterocycles. The second kappa shape index (κ2) is 21.7. The normalized spacial score (nSPS) is 13.2. The first-order valence-corrected chi connectivity index (χ1v) is 22.8. The van der Waals surface area contributed by atoms with Gasteiger partial charge in [0.2, 0.25) is 5.78 Å². The third-order valence-electron chi connectivity index (χ3n) is 12.7. The van der Waals surface area contributed by atoms with Crippen LogP contribution in [0.25, 0.3) is 10.8 Å². The Labute approximate surface area is 445 Å². The van der Waals surface area contributed by atoms with Crippen molar-refractivity contribution in [3.8, 4) is 0 Å². The van der Waals surface area contributed by atoms with Crippen LogP contribution in [0.15, 0.2) is 164 Å². The Morgan fingerprint density at radius 1 is 0.366 bits per heavy atom.